The van der Waals surface area contributed by atoms with E-state index in [9.17, 15) is 14.4 Å². The number of hydrogen-bond donors (Lipinski definition) is 2. The first-order valence-corrected chi connectivity index (χ1v) is 5.60. The van der Waals surface area contributed by atoms with Crippen LogP contribution in [0.25, 0.3) is 0 Å². The van der Waals surface area contributed by atoms with Crippen molar-refractivity contribution in [1.29, 1.82) is 0 Å². The number of hydrogen-bond acceptors (Lipinski definition) is 6. The average Bonchev–Trinajstić information content (AvgIpc) is 2.68. The fourth-order valence-electron chi connectivity index (χ4n) is 1.09. The Bertz CT molecular complexity index is 481. The third kappa shape index (κ3) is 3.74. The predicted octanol–water partition coefficient (Wildman–Crippen LogP) is 1.02. The summed E-state index contributed by atoms with van der Waals surface area (Å²) in [6.45, 7) is 1.25. The van der Waals surface area contributed by atoms with Crippen LogP contribution in [0.15, 0.2) is 6.07 Å². The van der Waals surface area contributed by atoms with Gasteiger partial charge in [-0.1, -0.05) is 0 Å². The first-order valence-electron chi connectivity index (χ1n) is 4.78. The molecule has 0 aliphatic carbocycles. The molecule has 98 valence electrons. The van der Waals surface area contributed by atoms with E-state index in [4.69, 9.17) is 9.84 Å². The maximum absolute atomic E-state index is 11.2. The van der Waals surface area contributed by atoms with Gasteiger partial charge in [0.25, 0.3) is 5.91 Å². The van der Waals surface area contributed by atoms with Crippen molar-refractivity contribution in [2.75, 3.05) is 13.7 Å². The fraction of sp³-hybridized carbons (Fsp3) is 0.300. The highest BCUT2D eigenvalue weighted by Gasteiger charge is 2.17. The number of carbonyl (C=O) groups excluding carboxylic acids is 2. The Balaban J connectivity index is 2.61. The van der Waals surface area contributed by atoms with Gasteiger partial charge in [0.1, 0.15) is 5.75 Å². The van der Waals surface area contributed by atoms with Crippen LogP contribution in [0.4, 0.5) is 4.79 Å². The van der Waals surface area contributed by atoms with E-state index < -0.39 is 24.6 Å². The number of ether oxygens (including phenoxy) is 2. The second kappa shape index (κ2) is 6.01. The fourth-order valence-corrected chi connectivity index (χ4v) is 1.89. The van der Waals surface area contributed by atoms with Gasteiger partial charge in [0.15, 0.2) is 11.5 Å². The highest BCUT2D eigenvalue weighted by Crippen LogP contribution is 2.28. The van der Waals surface area contributed by atoms with Gasteiger partial charge in [-0.2, -0.15) is 0 Å². The molecule has 8 heteroatoms. The van der Waals surface area contributed by atoms with E-state index in [0.29, 0.717) is 0 Å². The molecule has 1 rings (SSSR count). The maximum atomic E-state index is 11.2. The molecule has 0 saturated heterocycles. The van der Waals surface area contributed by atoms with Crippen molar-refractivity contribution in [2.45, 2.75) is 6.92 Å². The van der Waals surface area contributed by atoms with Gasteiger partial charge < -0.3 is 14.6 Å². The second-order valence-corrected chi connectivity index (χ2v) is 4.44. The van der Waals surface area contributed by atoms with Gasteiger partial charge in [0.2, 0.25) is 0 Å². The largest absolute Gasteiger partial charge is 0.482 e. The summed E-state index contributed by atoms with van der Waals surface area (Å²) in [5.41, 5.74) is 0. The van der Waals surface area contributed by atoms with Gasteiger partial charge in [-0.25, -0.2) is 9.59 Å². The van der Waals surface area contributed by atoms with E-state index in [1.54, 1.807) is 6.92 Å². The van der Waals surface area contributed by atoms with Gasteiger partial charge >= 0.3 is 12.1 Å². The first-order chi connectivity index (χ1) is 8.43. The lowest BCUT2D eigenvalue weighted by atomic mass is 10.4. The molecule has 0 aliphatic heterocycles. The van der Waals surface area contributed by atoms with E-state index in [0.717, 1.165) is 23.3 Å². The Morgan fingerprint density at radius 1 is 1.44 bits per heavy atom. The summed E-state index contributed by atoms with van der Waals surface area (Å²) in [6.07, 6.45) is -0.899. The number of nitrogens with one attached hydrogen (secondary N) is 1. The van der Waals surface area contributed by atoms with Gasteiger partial charge in [0.05, 0.1) is 7.11 Å². The zero-order valence-corrected chi connectivity index (χ0v) is 10.5. The molecule has 0 bridgehead atoms. The Morgan fingerprint density at radius 2 is 2.11 bits per heavy atom. The lowest BCUT2D eigenvalue weighted by Crippen LogP contribution is -2.34. The SMILES string of the molecule is COC(=O)NC(=O)COc1cc(C)sc1C(=O)O. The van der Waals surface area contributed by atoms with Crippen LogP contribution in [-0.2, 0) is 9.53 Å². The molecule has 0 radical (unpaired) electrons. The Labute approximate surface area is 106 Å². The van der Waals surface area contributed by atoms with E-state index in [1.165, 1.54) is 6.07 Å². The molecular weight excluding hydrogens is 262 g/mol. The van der Waals surface area contributed by atoms with E-state index in [1.807, 2.05) is 5.32 Å². The zero-order chi connectivity index (χ0) is 13.7. The van der Waals surface area contributed by atoms with Crippen LogP contribution in [0.3, 0.4) is 0 Å². The number of carboxylic acid groups (broad SMARTS) is 1. The summed E-state index contributed by atoms with van der Waals surface area (Å²) in [4.78, 5) is 33.5. The maximum Gasteiger partial charge on any atom is 0.413 e. The second-order valence-electron chi connectivity index (χ2n) is 3.18. The number of imide groups is 1. The molecule has 7 nitrogen and oxygen atoms in total. The lowest BCUT2D eigenvalue weighted by Gasteiger charge is -2.05. The molecule has 0 atom stereocenters. The number of carbonyl (C=O) groups is 3. The molecule has 2 amide bonds. The number of carboxylic acids is 1. The summed E-state index contributed by atoms with van der Waals surface area (Å²) in [6, 6.07) is 1.51. The summed E-state index contributed by atoms with van der Waals surface area (Å²) >= 11 is 1.04. The number of thiophene rings is 1. The standard InChI is InChI=1S/C10H11NO6S/c1-5-3-6(8(18-5)9(13)14)17-4-7(12)11-10(15)16-2/h3H,4H2,1-2H3,(H,13,14)(H,11,12,15). The third-order valence-corrected chi connectivity index (χ3v) is 2.82. The number of alkyl carbamates (subject to hydrolysis) is 1. The minimum atomic E-state index is -1.13. The van der Waals surface area contributed by atoms with Crippen molar-refractivity contribution in [3.63, 3.8) is 0 Å². The Hall–Kier alpha value is -2.09. The molecule has 0 spiro atoms. The molecule has 0 aliphatic rings. The minimum Gasteiger partial charge on any atom is -0.482 e. The van der Waals surface area contributed by atoms with Crippen LogP contribution in [0.5, 0.6) is 5.75 Å². The highest BCUT2D eigenvalue weighted by atomic mass is 32.1. The summed E-state index contributed by atoms with van der Waals surface area (Å²) in [5.74, 6) is -1.75. The predicted molar refractivity (Wildman–Crippen MR) is 62.1 cm³/mol. The van der Waals surface area contributed by atoms with Gasteiger partial charge in [0, 0.05) is 4.88 Å². The van der Waals surface area contributed by atoms with Gasteiger partial charge in [-0.15, -0.1) is 11.3 Å². The van der Waals surface area contributed by atoms with Crippen molar-refractivity contribution in [3.8, 4) is 5.75 Å². The Morgan fingerprint density at radius 3 is 2.67 bits per heavy atom. The zero-order valence-electron chi connectivity index (χ0n) is 9.68. The average molecular weight is 273 g/mol. The molecular formula is C10H11NO6S. The topological polar surface area (TPSA) is 102 Å². The van der Waals surface area contributed by atoms with Crippen molar-refractivity contribution in [1.82, 2.24) is 5.32 Å². The van der Waals surface area contributed by atoms with E-state index in [-0.39, 0.29) is 10.6 Å². The van der Waals surface area contributed by atoms with Crippen LogP contribution in [0, 0.1) is 6.92 Å². The van der Waals surface area contributed by atoms with E-state index in [2.05, 4.69) is 4.74 Å². The number of aromatic carboxylic acids is 1. The first kappa shape index (κ1) is 14.0. The van der Waals surface area contributed by atoms with Crippen LogP contribution in [0.1, 0.15) is 14.5 Å². The normalized spacial score (nSPS) is 9.67. The molecule has 0 unspecified atom stereocenters. The quantitative estimate of drug-likeness (QED) is 0.849. The monoisotopic (exact) mass is 273 g/mol. The van der Waals surface area contributed by atoms with Crippen LogP contribution in [0.2, 0.25) is 0 Å². The lowest BCUT2D eigenvalue weighted by molar-refractivity contribution is -0.122. The van der Waals surface area contributed by atoms with Crippen LogP contribution >= 0.6 is 11.3 Å². The van der Waals surface area contributed by atoms with Crippen molar-refractivity contribution in [3.05, 3.63) is 15.8 Å². The summed E-state index contributed by atoms with van der Waals surface area (Å²) in [5, 5.41) is 10.8. The number of rotatable bonds is 4. The van der Waals surface area contributed by atoms with Gasteiger partial charge in [-0.3, -0.25) is 10.1 Å². The van der Waals surface area contributed by atoms with Gasteiger partial charge in [-0.05, 0) is 13.0 Å². The van der Waals surface area contributed by atoms with Crippen LogP contribution in [-0.4, -0.2) is 36.8 Å². The van der Waals surface area contributed by atoms with Crippen molar-refractivity contribution >= 4 is 29.3 Å². The highest BCUT2D eigenvalue weighted by molar-refractivity contribution is 7.14. The summed E-state index contributed by atoms with van der Waals surface area (Å²) in [7, 11) is 1.12. The number of methoxy groups -OCH3 is 1. The molecule has 1 aromatic rings. The smallest absolute Gasteiger partial charge is 0.413 e. The molecule has 1 aromatic heterocycles. The molecule has 18 heavy (non-hydrogen) atoms. The summed E-state index contributed by atoms with van der Waals surface area (Å²) < 4.78 is 9.26. The molecule has 0 fully saturated rings. The van der Waals surface area contributed by atoms with Crippen LogP contribution < -0.4 is 10.1 Å². The number of amides is 2. The molecule has 2 N–H and O–H groups in total. The minimum absolute atomic E-state index is 0.0124. The van der Waals surface area contributed by atoms with Crippen molar-refractivity contribution in [2.24, 2.45) is 0 Å². The van der Waals surface area contributed by atoms with E-state index >= 15 is 0 Å². The number of aryl methyl sites for hydroxylation is 1. The Kier molecular flexibility index (Phi) is 4.67. The molecule has 1 heterocycles. The third-order valence-electron chi connectivity index (χ3n) is 1.80. The molecule has 0 aromatic carbocycles. The van der Waals surface area contributed by atoms with Crippen molar-refractivity contribution < 1.29 is 29.0 Å². The molecule has 0 saturated carbocycles.